The molecule has 0 saturated heterocycles. The summed E-state index contributed by atoms with van der Waals surface area (Å²) >= 11 is 0. The van der Waals surface area contributed by atoms with Gasteiger partial charge in [0.2, 0.25) is 0 Å². The van der Waals surface area contributed by atoms with E-state index in [1.807, 2.05) is 0 Å². The van der Waals surface area contributed by atoms with Crippen LogP contribution in [0, 0.1) is 0 Å². The Labute approximate surface area is 110 Å². The summed E-state index contributed by atoms with van der Waals surface area (Å²) in [5.41, 5.74) is 0. The van der Waals surface area contributed by atoms with Gasteiger partial charge in [-0.2, -0.15) is 5.10 Å². The smallest absolute Gasteiger partial charge is 0.348 e. The van der Waals surface area contributed by atoms with Crippen LogP contribution >= 0.6 is 0 Å². The molecule has 0 aliphatic carbocycles. The Morgan fingerprint density at radius 3 is 2.79 bits per heavy atom. The molecule has 0 amide bonds. The third-order valence-corrected chi connectivity index (χ3v) is 2.38. The van der Waals surface area contributed by atoms with Crippen LogP contribution in [0.3, 0.4) is 0 Å². The van der Waals surface area contributed by atoms with E-state index in [1.54, 1.807) is 37.5 Å². The zero-order valence-corrected chi connectivity index (χ0v) is 10.4. The van der Waals surface area contributed by atoms with Crippen molar-refractivity contribution in [1.29, 1.82) is 0 Å². The van der Waals surface area contributed by atoms with E-state index in [-0.39, 0.29) is 12.5 Å². The second-order valence-corrected chi connectivity index (χ2v) is 3.89. The summed E-state index contributed by atoms with van der Waals surface area (Å²) in [6, 6.07) is 7.86. The van der Waals surface area contributed by atoms with Gasteiger partial charge in [-0.15, -0.1) is 0 Å². The molecule has 1 unspecified atom stereocenters. The Hall–Kier alpha value is -2.50. The maximum Gasteiger partial charge on any atom is 0.348 e. The third kappa shape index (κ3) is 3.74. The molecule has 1 aromatic heterocycles. The van der Waals surface area contributed by atoms with E-state index in [1.165, 1.54) is 16.8 Å². The second-order valence-electron chi connectivity index (χ2n) is 3.89. The second kappa shape index (κ2) is 5.90. The van der Waals surface area contributed by atoms with Gasteiger partial charge < -0.3 is 14.6 Å². The maximum atomic E-state index is 11.7. The molecule has 6 heteroatoms. The number of aromatic nitrogens is 2. The molecule has 2 aromatic rings. The van der Waals surface area contributed by atoms with Gasteiger partial charge in [0, 0.05) is 12.4 Å². The van der Waals surface area contributed by atoms with Crippen LogP contribution in [-0.2, 0) is 16.3 Å². The highest BCUT2D eigenvalue weighted by Gasteiger charge is 2.16. The van der Waals surface area contributed by atoms with Gasteiger partial charge in [0.15, 0.2) is 12.8 Å². The number of hydrogen-bond donors (Lipinski definition) is 1. The van der Waals surface area contributed by atoms with Crippen LogP contribution in [0.5, 0.6) is 11.5 Å². The van der Waals surface area contributed by atoms with E-state index in [4.69, 9.17) is 14.6 Å². The largest absolute Gasteiger partial charge is 0.508 e. The minimum absolute atomic E-state index is 0.0507. The topological polar surface area (TPSA) is 73.6 Å². The van der Waals surface area contributed by atoms with Crippen molar-refractivity contribution in [3.05, 3.63) is 42.7 Å². The van der Waals surface area contributed by atoms with Crippen molar-refractivity contribution in [2.75, 3.05) is 0 Å². The van der Waals surface area contributed by atoms with Crippen molar-refractivity contribution >= 4 is 5.97 Å². The number of ether oxygens (including phenoxy) is 2. The van der Waals surface area contributed by atoms with Gasteiger partial charge in [0.25, 0.3) is 0 Å². The van der Waals surface area contributed by atoms with Crippen LogP contribution in [0.2, 0.25) is 0 Å². The van der Waals surface area contributed by atoms with E-state index >= 15 is 0 Å². The number of carbonyl (C=O) groups excluding carboxylic acids is 1. The molecule has 0 saturated carbocycles. The van der Waals surface area contributed by atoms with Crippen molar-refractivity contribution in [2.45, 2.75) is 19.8 Å². The van der Waals surface area contributed by atoms with E-state index in [0.29, 0.717) is 5.75 Å². The van der Waals surface area contributed by atoms with Gasteiger partial charge in [0.05, 0.1) is 0 Å². The zero-order chi connectivity index (χ0) is 13.7. The molecule has 0 bridgehead atoms. The van der Waals surface area contributed by atoms with E-state index in [0.717, 1.165) is 0 Å². The standard InChI is InChI=1S/C13H14N2O4/c1-10(19-12-5-3-11(16)4-6-12)13(17)18-9-15-8-2-7-14-15/h2-8,10,16H,9H2,1H3. The van der Waals surface area contributed by atoms with Crippen LogP contribution in [0.4, 0.5) is 0 Å². The first-order valence-electron chi connectivity index (χ1n) is 5.75. The number of phenolic OH excluding ortho intramolecular Hbond substituents is 1. The number of phenols is 1. The minimum Gasteiger partial charge on any atom is -0.508 e. The van der Waals surface area contributed by atoms with Crippen molar-refractivity contribution in [3.63, 3.8) is 0 Å². The summed E-state index contributed by atoms with van der Waals surface area (Å²) < 4.78 is 11.9. The number of benzene rings is 1. The van der Waals surface area contributed by atoms with Gasteiger partial charge in [-0.25, -0.2) is 9.48 Å². The molecule has 0 aliphatic heterocycles. The molecule has 6 nitrogen and oxygen atoms in total. The lowest BCUT2D eigenvalue weighted by Crippen LogP contribution is -2.27. The molecule has 0 radical (unpaired) electrons. The highest BCUT2D eigenvalue weighted by Crippen LogP contribution is 2.17. The van der Waals surface area contributed by atoms with Gasteiger partial charge in [-0.1, -0.05) is 0 Å². The van der Waals surface area contributed by atoms with Gasteiger partial charge in [0.1, 0.15) is 11.5 Å². The predicted octanol–water partition coefficient (Wildman–Crippen LogP) is 1.56. The van der Waals surface area contributed by atoms with Crippen molar-refractivity contribution in [3.8, 4) is 11.5 Å². The summed E-state index contributed by atoms with van der Waals surface area (Å²) in [5.74, 6) is 0.145. The third-order valence-electron chi connectivity index (χ3n) is 2.38. The summed E-state index contributed by atoms with van der Waals surface area (Å²) in [6.45, 7) is 1.65. The van der Waals surface area contributed by atoms with E-state index in [2.05, 4.69) is 5.10 Å². The molecule has 0 spiro atoms. The first kappa shape index (κ1) is 12.9. The molecular weight excluding hydrogens is 248 g/mol. The number of nitrogens with zero attached hydrogens (tertiary/aromatic N) is 2. The molecular formula is C13H14N2O4. The Kier molecular flexibility index (Phi) is 4.02. The maximum absolute atomic E-state index is 11.7. The van der Waals surface area contributed by atoms with Crippen LogP contribution < -0.4 is 4.74 Å². The lowest BCUT2D eigenvalue weighted by atomic mass is 10.3. The molecule has 100 valence electrons. The van der Waals surface area contributed by atoms with E-state index in [9.17, 15) is 4.79 Å². The zero-order valence-electron chi connectivity index (χ0n) is 10.4. The summed E-state index contributed by atoms with van der Waals surface area (Å²) in [7, 11) is 0. The first-order valence-corrected chi connectivity index (χ1v) is 5.75. The Morgan fingerprint density at radius 2 is 2.16 bits per heavy atom. The summed E-state index contributed by atoms with van der Waals surface area (Å²) in [6.07, 6.45) is 2.56. The molecule has 2 rings (SSSR count). The number of carbonyl (C=O) groups is 1. The average molecular weight is 262 g/mol. The molecule has 0 fully saturated rings. The molecule has 1 aromatic carbocycles. The number of hydrogen-bond acceptors (Lipinski definition) is 5. The van der Waals surface area contributed by atoms with Crippen LogP contribution in [0.1, 0.15) is 6.92 Å². The van der Waals surface area contributed by atoms with Crippen molar-refractivity contribution in [2.24, 2.45) is 0 Å². The predicted molar refractivity (Wildman–Crippen MR) is 66.5 cm³/mol. The molecule has 1 heterocycles. The molecule has 19 heavy (non-hydrogen) atoms. The fourth-order valence-electron chi connectivity index (χ4n) is 1.40. The van der Waals surface area contributed by atoms with Gasteiger partial charge >= 0.3 is 5.97 Å². The number of aromatic hydroxyl groups is 1. The molecule has 1 N–H and O–H groups in total. The molecule has 0 aliphatic rings. The van der Waals surface area contributed by atoms with E-state index < -0.39 is 12.1 Å². The first-order chi connectivity index (χ1) is 9.15. The Balaban J connectivity index is 1.83. The average Bonchev–Trinajstić information content (AvgIpc) is 2.91. The van der Waals surface area contributed by atoms with Gasteiger partial charge in [-0.05, 0) is 37.3 Å². The Bertz CT molecular complexity index is 522. The lowest BCUT2D eigenvalue weighted by Gasteiger charge is -2.13. The van der Waals surface area contributed by atoms with Crippen molar-refractivity contribution in [1.82, 2.24) is 9.78 Å². The quantitative estimate of drug-likeness (QED) is 0.828. The molecule has 1 atom stereocenters. The fraction of sp³-hybridized carbons (Fsp3) is 0.231. The Morgan fingerprint density at radius 1 is 1.42 bits per heavy atom. The SMILES string of the molecule is CC(Oc1ccc(O)cc1)C(=O)OCn1cccn1. The number of rotatable bonds is 5. The summed E-state index contributed by atoms with van der Waals surface area (Å²) in [4.78, 5) is 11.7. The normalized spacial score (nSPS) is 11.8. The minimum atomic E-state index is -0.736. The monoisotopic (exact) mass is 262 g/mol. The summed E-state index contributed by atoms with van der Waals surface area (Å²) in [5, 5.41) is 13.0. The highest BCUT2D eigenvalue weighted by molar-refractivity contribution is 5.74. The van der Waals surface area contributed by atoms with Crippen LogP contribution in [0.15, 0.2) is 42.7 Å². The lowest BCUT2D eigenvalue weighted by molar-refractivity contribution is -0.155. The van der Waals surface area contributed by atoms with Crippen LogP contribution in [-0.4, -0.2) is 27.0 Å². The fourth-order valence-corrected chi connectivity index (χ4v) is 1.40. The van der Waals surface area contributed by atoms with Crippen molar-refractivity contribution < 1.29 is 19.4 Å². The van der Waals surface area contributed by atoms with Gasteiger partial charge in [-0.3, -0.25) is 0 Å². The number of esters is 1. The van der Waals surface area contributed by atoms with Crippen LogP contribution in [0.25, 0.3) is 0 Å². The highest BCUT2D eigenvalue weighted by atomic mass is 16.6.